The monoisotopic (exact) mass is 331 g/mol. The van der Waals surface area contributed by atoms with Crippen LogP contribution in [-0.4, -0.2) is 16.6 Å². The second kappa shape index (κ2) is 6.48. The number of carboxylic acid groups (broad SMARTS) is 1. The molecule has 1 aromatic carbocycles. The number of nitrogens with one attached hydrogen (secondary N) is 1. The molecule has 1 rings (SSSR count). The summed E-state index contributed by atoms with van der Waals surface area (Å²) in [5.41, 5.74) is -0.596. The Morgan fingerprint density at radius 3 is 2.74 bits per heavy atom. The molecule has 0 heterocycles. The van der Waals surface area contributed by atoms with Gasteiger partial charge in [0.1, 0.15) is 11.4 Å². The number of carbonyl (C=O) groups is 1. The Morgan fingerprint density at radius 1 is 1.58 bits per heavy atom. The standard InChI is InChI=1S/C14H19BrFNO2/c1-4-7-14(3,13(18)19)17-9(2)11-8-10(15)5-6-12(11)16/h5-6,8-9,17H,4,7H2,1-3H3,(H,18,19). The van der Waals surface area contributed by atoms with Crippen LogP contribution >= 0.6 is 15.9 Å². The molecular formula is C14H19BrFNO2. The SMILES string of the molecule is CCCC(C)(NC(C)c1cc(Br)ccc1F)C(=O)O. The van der Waals surface area contributed by atoms with E-state index >= 15 is 0 Å². The molecule has 5 heteroatoms. The van der Waals surface area contributed by atoms with Crippen LogP contribution in [0.3, 0.4) is 0 Å². The van der Waals surface area contributed by atoms with Gasteiger partial charge in [0.2, 0.25) is 0 Å². The van der Waals surface area contributed by atoms with E-state index in [2.05, 4.69) is 21.2 Å². The molecule has 0 amide bonds. The van der Waals surface area contributed by atoms with Crippen molar-refractivity contribution in [1.82, 2.24) is 5.32 Å². The van der Waals surface area contributed by atoms with Gasteiger partial charge in [-0.05, 0) is 38.5 Å². The van der Waals surface area contributed by atoms with Gasteiger partial charge in [-0.25, -0.2) is 4.39 Å². The molecule has 3 nitrogen and oxygen atoms in total. The van der Waals surface area contributed by atoms with Crippen molar-refractivity contribution in [3.63, 3.8) is 0 Å². The van der Waals surface area contributed by atoms with Crippen molar-refractivity contribution in [2.24, 2.45) is 0 Å². The van der Waals surface area contributed by atoms with E-state index in [-0.39, 0.29) is 11.9 Å². The third-order valence-corrected chi connectivity index (χ3v) is 3.67. The van der Waals surface area contributed by atoms with Crippen LogP contribution in [0.5, 0.6) is 0 Å². The van der Waals surface area contributed by atoms with E-state index < -0.39 is 11.5 Å². The molecule has 1 aromatic rings. The summed E-state index contributed by atoms with van der Waals surface area (Å²) in [5.74, 6) is -1.26. The van der Waals surface area contributed by atoms with Crippen LogP contribution in [0, 0.1) is 5.82 Å². The van der Waals surface area contributed by atoms with Crippen molar-refractivity contribution in [1.29, 1.82) is 0 Å². The van der Waals surface area contributed by atoms with E-state index in [1.54, 1.807) is 26.0 Å². The molecule has 2 N–H and O–H groups in total. The minimum Gasteiger partial charge on any atom is -0.480 e. The fourth-order valence-electron chi connectivity index (χ4n) is 2.14. The Kier molecular flexibility index (Phi) is 5.50. The van der Waals surface area contributed by atoms with Crippen LogP contribution in [0.15, 0.2) is 22.7 Å². The van der Waals surface area contributed by atoms with Gasteiger partial charge in [0.25, 0.3) is 0 Å². The van der Waals surface area contributed by atoms with Gasteiger partial charge >= 0.3 is 5.97 Å². The van der Waals surface area contributed by atoms with Gasteiger partial charge in [-0.2, -0.15) is 0 Å². The van der Waals surface area contributed by atoms with Gasteiger partial charge in [-0.15, -0.1) is 0 Å². The summed E-state index contributed by atoms with van der Waals surface area (Å²) >= 11 is 3.29. The topological polar surface area (TPSA) is 49.3 Å². The Morgan fingerprint density at radius 2 is 2.21 bits per heavy atom. The van der Waals surface area contributed by atoms with Gasteiger partial charge in [0.15, 0.2) is 0 Å². The first-order chi connectivity index (χ1) is 8.80. The fourth-order valence-corrected chi connectivity index (χ4v) is 2.52. The lowest BCUT2D eigenvalue weighted by Crippen LogP contribution is -2.50. The first-order valence-corrected chi connectivity index (χ1v) is 7.05. The maximum Gasteiger partial charge on any atom is 0.323 e. The first-order valence-electron chi connectivity index (χ1n) is 6.26. The van der Waals surface area contributed by atoms with Gasteiger partial charge in [-0.1, -0.05) is 29.3 Å². The smallest absolute Gasteiger partial charge is 0.323 e. The number of halogens is 2. The zero-order chi connectivity index (χ0) is 14.6. The van der Waals surface area contributed by atoms with Crippen molar-refractivity contribution in [3.05, 3.63) is 34.1 Å². The number of hydrogen-bond donors (Lipinski definition) is 2. The normalized spacial score (nSPS) is 15.8. The van der Waals surface area contributed by atoms with Gasteiger partial charge in [0, 0.05) is 16.1 Å². The molecular weight excluding hydrogens is 313 g/mol. The summed E-state index contributed by atoms with van der Waals surface area (Å²) < 4.78 is 14.5. The Bertz CT molecular complexity index is 467. The Labute approximate surface area is 121 Å². The lowest BCUT2D eigenvalue weighted by molar-refractivity contribution is -0.144. The molecule has 0 aliphatic carbocycles. The predicted molar refractivity (Wildman–Crippen MR) is 76.6 cm³/mol. The quantitative estimate of drug-likeness (QED) is 0.831. The third-order valence-electron chi connectivity index (χ3n) is 3.18. The minimum absolute atomic E-state index is 0.340. The number of aliphatic carboxylic acids is 1. The van der Waals surface area contributed by atoms with Crippen molar-refractivity contribution in [2.75, 3.05) is 0 Å². The molecule has 0 bridgehead atoms. The summed E-state index contributed by atoms with van der Waals surface area (Å²) in [7, 11) is 0. The van der Waals surface area contributed by atoms with Crippen LogP contribution in [0.4, 0.5) is 4.39 Å². The van der Waals surface area contributed by atoms with E-state index in [9.17, 15) is 14.3 Å². The van der Waals surface area contributed by atoms with Crippen molar-refractivity contribution in [2.45, 2.75) is 45.2 Å². The number of carboxylic acids is 1. The highest BCUT2D eigenvalue weighted by Gasteiger charge is 2.33. The molecule has 0 radical (unpaired) electrons. The minimum atomic E-state index is -1.05. The molecule has 2 unspecified atom stereocenters. The van der Waals surface area contributed by atoms with E-state index in [1.807, 2.05) is 6.92 Å². The van der Waals surface area contributed by atoms with E-state index in [4.69, 9.17) is 0 Å². The highest BCUT2D eigenvalue weighted by atomic mass is 79.9. The maximum absolute atomic E-state index is 13.8. The number of rotatable bonds is 6. The second-order valence-corrected chi connectivity index (χ2v) is 5.83. The number of hydrogen-bond acceptors (Lipinski definition) is 2. The molecule has 0 saturated heterocycles. The summed E-state index contributed by atoms with van der Waals surface area (Å²) in [4.78, 5) is 11.4. The second-order valence-electron chi connectivity index (χ2n) is 4.92. The molecule has 0 spiro atoms. The Hall–Kier alpha value is -0.940. The highest BCUT2D eigenvalue weighted by molar-refractivity contribution is 9.10. The van der Waals surface area contributed by atoms with Crippen molar-refractivity contribution >= 4 is 21.9 Å². The van der Waals surface area contributed by atoms with Crippen molar-refractivity contribution < 1.29 is 14.3 Å². The van der Waals surface area contributed by atoms with Crippen LogP contribution < -0.4 is 5.32 Å². The lowest BCUT2D eigenvalue weighted by Gasteiger charge is -2.30. The third kappa shape index (κ3) is 4.01. The molecule has 0 aromatic heterocycles. The fraction of sp³-hybridized carbons (Fsp3) is 0.500. The average Bonchev–Trinajstić information content (AvgIpc) is 2.32. The van der Waals surface area contributed by atoms with Crippen LogP contribution in [0.25, 0.3) is 0 Å². The van der Waals surface area contributed by atoms with Crippen LogP contribution in [0.1, 0.15) is 45.2 Å². The van der Waals surface area contributed by atoms with E-state index in [1.165, 1.54) is 6.07 Å². The maximum atomic E-state index is 13.8. The molecule has 0 fully saturated rings. The zero-order valence-electron chi connectivity index (χ0n) is 11.3. The molecule has 0 aliphatic heterocycles. The van der Waals surface area contributed by atoms with Crippen molar-refractivity contribution in [3.8, 4) is 0 Å². The summed E-state index contributed by atoms with van der Waals surface area (Å²) in [6.45, 7) is 5.32. The molecule has 106 valence electrons. The lowest BCUT2D eigenvalue weighted by atomic mass is 9.94. The zero-order valence-corrected chi connectivity index (χ0v) is 12.9. The highest BCUT2D eigenvalue weighted by Crippen LogP contribution is 2.25. The average molecular weight is 332 g/mol. The number of benzene rings is 1. The predicted octanol–water partition coefficient (Wildman–Crippen LogP) is 3.88. The molecule has 19 heavy (non-hydrogen) atoms. The van der Waals surface area contributed by atoms with E-state index in [0.29, 0.717) is 12.0 Å². The van der Waals surface area contributed by atoms with Gasteiger partial charge in [0.05, 0.1) is 0 Å². The summed E-state index contributed by atoms with van der Waals surface area (Å²) in [5, 5.41) is 12.3. The van der Waals surface area contributed by atoms with Crippen LogP contribution in [-0.2, 0) is 4.79 Å². The largest absolute Gasteiger partial charge is 0.480 e. The molecule has 2 atom stereocenters. The Balaban J connectivity index is 2.97. The first kappa shape index (κ1) is 16.1. The summed E-state index contributed by atoms with van der Waals surface area (Å²) in [6.07, 6.45) is 1.23. The van der Waals surface area contributed by atoms with Gasteiger partial charge in [-0.3, -0.25) is 10.1 Å². The van der Waals surface area contributed by atoms with Crippen LogP contribution in [0.2, 0.25) is 0 Å². The molecule has 0 saturated carbocycles. The van der Waals surface area contributed by atoms with Gasteiger partial charge < -0.3 is 5.11 Å². The van der Waals surface area contributed by atoms with E-state index in [0.717, 1.165) is 10.9 Å². The summed E-state index contributed by atoms with van der Waals surface area (Å²) in [6, 6.07) is 4.27. The molecule has 0 aliphatic rings.